The number of carbonyl (C=O) groups excluding carboxylic acids is 2. The van der Waals surface area contributed by atoms with E-state index in [1.165, 1.54) is 13.2 Å². The maximum absolute atomic E-state index is 11.3. The number of nitriles is 1. The highest BCUT2D eigenvalue weighted by Gasteiger charge is 2.18. The van der Waals surface area contributed by atoms with E-state index in [1.54, 1.807) is 30.5 Å². The van der Waals surface area contributed by atoms with Crippen LogP contribution in [-0.2, 0) is 20.7 Å². The molecule has 0 bridgehead atoms. The summed E-state index contributed by atoms with van der Waals surface area (Å²) in [6.45, 7) is 0. The molecule has 0 heterocycles. The van der Waals surface area contributed by atoms with Crippen LogP contribution in [0.1, 0.15) is 5.56 Å². The maximum Gasteiger partial charge on any atom is 0.331 e. The summed E-state index contributed by atoms with van der Waals surface area (Å²) in [6.07, 6.45) is 3.11. The van der Waals surface area contributed by atoms with Crippen molar-refractivity contribution in [1.29, 1.82) is 5.26 Å². The first-order chi connectivity index (χ1) is 8.71. The molecule has 0 aromatic heterocycles. The molecule has 1 aromatic carbocycles. The van der Waals surface area contributed by atoms with Crippen LogP contribution in [-0.4, -0.2) is 25.2 Å². The molecule has 0 saturated heterocycles. The van der Waals surface area contributed by atoms with Crippen LogP contribution in [0.4, 0.5) is 0 Å². The Morgan fingerprint density at radius 1 is 1.44 bits per heavy atom. The molecule has 18 heavy (non-hydrogen) atoms. The number of rotatable bonds is 5. The van der Waals surface area contributed by atoms with Crippen molar-refractivity contribution in [3.05, 3.63) is 29.8 Å². The SMILES string of the molecule is COC(=O)C(Cc1ccc(OC#N)cc1)N=C=O. The van der Waals surface area contributed by atoms with Crippen LogP contribution in [0.25, 0.3) is 0 Å². The lowest BCUT2D eigenvalue weighted by molar-refractivity contribution is -0.142. The molecule has 1 aromatic rings. The molecule has 0 aliphatic heterocycles. The van der Waals surface area contributed by atoms with E-state index < -0.39 is 12.0 Å². The van der Waals surface area contributed by atoms with E-state index in [0.717, 1.165) is 5.56 Å². The van der Waals surface area contributed by atoms with Gasteiger partial charge in [0.15, 0.2) is 6.04 Å². The summed E-state index contributed by atoms with van der Waals surface area (Å²) in [7, 11) is 1.22. The number of isocyanates is 1. The molecule has 6 heteroatoms. The molecule has 0 N–H and O–H groups in total. The lowest BCUT2D eigenvalue weighted by atomic mass is 10.1. The van der Waals surface area contributed by atoms with E-state index in [1.807, 2.05) is 0 Å². The quantitative estimate of drug-likeness (QED) is 0.334. The molecule has 6 nitrogen and oxygen atoms in total. The van der Waals surface area contributed by atoms with Crippen LogP contribution in [0.5, 0.6) is 5.75 Å². The molecule has 1 rings (SSSR count). The van der Waals surface area contributed by atoms with Gasteiger partial charge in [0.25, 0.3) is 6.26 Å². The summed E-state index contributed by atoms with van der Waals surface area (Å²) in [5.74, 6) is -0.203. The molecular weight excluding hydrogens is 236 g/mol. The van der Waals surface area contributed by atoms with Crippen LogP contribution in [0.15, 0.2) is 29.3 Å². The van der Waals surface area contributed by atoms with Crippen LogP contribution >= 0.6 is 0 Å². The van der Waals surface area contributed by atoms with E-state index in [9.17, 15) is 9.59 Å². The topological polar surface area (TPSA) is 88.8 Å². The fraction of sp³-hybridized carbons (Fsp3) is 0.250. The lowest BCUT2D eigenvalue weighted by Gasteiger charge is -2.08. The molecule has 0 fully saturated rings. The van der Waals surface area contributed by atoms with Gasteiger partial charge in [0.1, 0.15) is 5.75 Å². The number of esters is 1. The third kappa shape index (κ3) is 3.74. The Morgan fingerprint density at radius 2 is 2.11 bits per heavy atom. The number of hydrogen-bond acceptors (Lipinski definition) is 6. The molecule has 1 atom stereocenters. The predicted octanol–water partition coefficient (Wildman–Crippen LogP) is 0.966. The van der Waals surface area contributed by atoms with E-state index in [-0.39, 0.29) is 6.42 Å². The second kappa shape index (κ2) is 6.84. The smallest absolute Gasteiger partial charge is 0.331 e. The minimum atomic E-state index is -0.907. The Balaban J connectivity index is 2.78. The third-order valence-corrected chi connectivity index (χ3v) is 2.20. The summed E-state index contributed by atoms with van der Waals surface area (Å²) >= 11 is 0. The largest absolute Gasteiger partial charge is 0.467 e. The number of methoxy groups -OCH3 is 1. The zero-order valence-electron chi connectivity index (χ0n) is 9.62. The van der Waals surface area contributed by atoms with Crippen molar-refractivity contribution < 1.29 is 19.1 Å². The summed E-state index contributed by atoms with van der Waals surface area (Å²) in [4.78, 5) is 24.9. The fourth-order valence-corrected chi connectivity index (χ4v) is 1.35. The van der Waals surface area contributed by atoms with Crippen LogP contribution in [0.3, 0.4) is 0 Å². The van der Waals surface area contributed by atoms with Crippen molar-refractivity contribution in [2.45, 2.75) is 12.5 Å². The number of nitrogens with zero attached hydrogens (tertiary/aromatic N) is 2. The zero-order chi connectivity index (χ0) is 13.4. The van der Waals surface area contributed by atoms with Crippen molar-refractivity contribution in [1.82, 2.24) is 0 Å². The monoisotopic (exact) mass is 246 g/mol. The normalized spacial score (nSPS) is 10.7. The molecule has 92 valence electrons. The highest BCUT2D eigenvalue weighted by atomic mass is 16.5. The predicted molar refractivity (Wildman–Crippen MR) is 60.3 cm³/mol. The molecule has 0 radical (unpaired) electrons. The van der Waals surface area contributed by atoms with Gasteiger partial charge in [0, 0.05) is 6.42 Å². The molecule has 0 spiro atoms. The highest BCUT2D eigenvalue weighted by Crippen LogP contribution is 2.14. The summed E-state index contributed by atoms with van der Waals surface area (Å²) in [5, 5.41) is 8.32. The first kappa shape index (κ1) is 13.4. The van der Waals surface area contributed by atoms with E-state index in [2.05, 4.69) is 14.5 Å². The minimum Gasteiger partial charge on any atom is -0.467 e. The van der Waals surface area contributed by atoms with Gasteiger partial charge in [-0.2, -0.15) is 4.99 Å². The van der Waals surface area contributed by atoms with Crippen LogP contribution in [0.2, 0.25) is 0 Å². The second-order valence-corrected chi connectivity index (χ2v) is 3.30. The second-order valence-electron chi connectivity index (χ2n) is 3.30. The third-order valence-electron chi connectivity index (χ3n) is 2.20. The number of hydrogen-bond donors (Lipinski definition) is 0. The van der Waals surface area contributed by atoms with Gasteiger partial charge in [-0.25, -0.2) is 9.59 Å². The fourth-order valence-electron chi connectivity index (χ4n) is 1.35. The van der Waals surface area contributed by atoms with Crippen molar-refractivity contribution in [3.8, 4) is 12.0 Å². The summed E-state index contributed by atoms with van der Waals surface area (Å²) < 4.78 is 9.13. The van der Waals surface area contributed by atoms with Crippen molar-refractivity contribution in [3.63, 3.8) is 0 Å². The summed E-state index contributed by atoms with van der Waals surface area (Å²) in [5.41, 5.74) is 0.759. The van der Waals surface area contributed by atoms with Gasteiger partial charge in [0.05, 0.1) is 7.11 Å². The van der Waals surface area contributed by atoms with Crippen LogP contribution in [0, 0.1) is 11.5 Å². The number of ether oxygens (including phenoxy) is 2. The Hall–Kier alpha value is -2.64. The molecule has 0 amide bonds. The first-order valence-electron chi connectivity index (χ1n) is 5.01. The molecule has 0 saturated carbocycles. The average Bonchev–Trinajstić information content (AvgIpc) is 2.40. The Morgan fingerprint density at radius 3 is 2.61 bits per heavy atom. The van der Waals surface area contributed by atoms with Gasteiger partial charge in [-0.3, -0.25) is 0 Å². The Kier molecular flexibility index (Phi) is 5.10. The Bertz CT molecular complexity index is 498. The van der Waals surface area contributed by atoms with Gasteiger partial charge in [0.2, 0.25) is 6.08 Å². The molecule has 0 aliphatic rings. The molecular formula is C12H10N2O4. The summed E-state index contributed by atoms with van der Waals surface area (Å²) in [6, 6.07) is 5.59. The number of aliphatic imine (C=N–C) groups is 1. The maximum atomic E-state index is 11.3. The van der Waals surface area contributed by atoms with Gasteiger partial charge in [-0.15, -0.1) is 5.26 Å². The standard InChI is InChI=1S/C12H10N2O4/c1-17-12(16)11(14-8-15)6-9-2-4-10(5-3-9)18-7-13/h2-5,11H,6H2,1H3. The first-order valence-corrected chi connectivity index (χ1v) is 5.01. The Labute approximate surface area is 103 Å². The van der Waals surface area contributed by atoms with Crippen molar-refractivity contribution >= 4 is 12.0 Å². The average molecular weight is 246 g/mol. The van der Waals surface area contributed by atoms with Gasteiger partial charge < -0.3 is 9.47 Å². The van der Waals surface area contributed by atoms with E-state index in [4.69, 9.17) is 5.26 Å². The van der Waals surface area contributed by atoms with Gasteiger partial charge in [-0.05, 0) is 17.7 Å². The van der Waals surface area contributed by atoms with E-state index in [0.29, 0.717) is 5.75 Å². The van der Waals surface area contributed by atoms with Crippen molar-refractivity contribution in [2.24, 2.45) is 4.99 Å². The van der Waals surface area contributed by atoms with Gasteiger partial charge in [-0.1, -0.05) is 12.1 Å². The zero-order valence-corrected chi connectivity index (χ0v) is 9.62. The molecule has 1 unspecified atom stereocenters. The minimum absolute atomic E-state index is 0.217. The van der Waals surface area contributed by atoms with Gasteiger partial charge >= 0.3 is 5.97 Å². The number of carbonyl (C=O) groups is 1. The van der Waals surface area contributed by atoms with Crippen LogP contribution < -0.4 is 4.74 Å². The molecule has 0 aliphatic carbocycles. The highest BCUT2D eigenvalue weighted by molar-refractivity contribution is 5.77. The number of benzene rings is 1. The lowest BCUT2D eigenvalue weighted by Crippen LogP contribution is -2.22. The van der Waals surface area contributed by atoms with E-state index >= 15 is 0 Å². The van der Waals surface area contributed by atoms with Crippen molar-refractivity contribution in [2.75, 3.05) is 7.11 Å².